The van der Waals surface area contributed by atoms with Gasteiger partial charge in [-0.2, -0.15) is 0 Å². The molecule has 1 unspecified atom stereocenters. The van der Waals surface area contributed by atoms with Crippen LogP contribution in [0.4, 0.5) is 0 Å². The molecular weight excluding hydrogens is 254 g/mol. The van der Waals surface area contributed by atoms with E-state index in [1.54, 1.807) is 19.4 Å². The van der Waals surface area contributed by atoms with Gasteiger partial charge in [-0.1, -0.05) is 6.07 Å². The van der Waals surface area contributed by atoms with E-state index in [4.69, 9.17) is 15.2 Å². The van der Waals surface area contributed by atoms with E-state index in [1.807, 2.05) is 31.2 Å². The highest BCUT2D eigenvalue weighted by Gasteiger charge is 2.02. The van der Waals surface area contributed by atoms with E-state index in [0.717, 1.165) is 17.8 Å². The molecule has 0 amide bonds. The Morgan fingerprint density at radius 2 is 2.05 bits per heavy atom. The summed E-state index contributed by atoms with van der Waals surface area (Å²) in [7, 11) is 1.59. The molecule has 0 aromatic carbocycles. The van der Waals surface area contributed by atoms with Crippen LogP contribution in [0.1, 0.15) is 18.3 Å². The highest BCUT2D eigenvalue weighted by Crippen LogP contribution is 2.13. The number of methoxy groups -OCH3 is 1. The molecule has 0 radical (unpaired) electrons. The van der Waals surface area contributed by atoms with E-state index < -0.39 is 0 Å². The second-order valence-electron chi connectivity index (χ2n) is 4.63. The zero-order valence-corrected chi connectivity index (χ0v) is 11.7. The third kappa shape index (κ3) is 4.20. The monoisotopic (exact) mass is 273 g/mol. The van der Waals surface area contributed by atoms with Gasteiger partial charge in [0, 0.05) is 24.2 Å². The zero-order chi connectivity index (χ0) is 14.4. The standard InChI is InChI=1S/C15H19N3O2/c1-11(16)8-12-6-7-14(9-17-12)20-10-13-4-3-5-15(18-13)19-2/h3-7,9,11H,8,10,16H2,1-2H3. The lowest BCUT2D eigenvalue weighted by atomic mass is 10.2. The van der Waals surface area contributed by atoms with Crippen LogP contribution >= 0.6 is 0 Å². The second kappa shape index (κ2) is 6.86. The molecular formula is C15H19N3O2. The summed E-state index contributed by atoms with van der Waals surface area (Å²) in [5.74, 6) is 1.29. The largest absolute Gasteiger partial charge is 0.486 e. The van der Waals surface area contributed by atoms with Crippen molar-refractivity contribution in [1.29, 1.82) is 0 Å². The van der Waals surface area contributed by atoms with Crippen molar-refractivity contribution in [3.05, 3.63) is 47.9 Å². The average molecular weight is 273 g/mol. The first-order valence-corrected chi connectivity index (χ1v) is 6.50. The Morgan fingerprint density at radius 1 is 1.20 bits per heavy atom. The molecule has 0 fully saturated rings. The number of ether oxygens (including phenoxy) is 2. The summed E-state index contributed by atoms with van der Waals surface area (Å²) in [5.41, 5.74) is 7.51. The quantitative estimate of drug-likeness (QED) is 0.871. The van der Waals surface area contributed by atoms with Crippen molar-refractivity contribution in [3.63, 3.8) is 0 Å². The lowest BCUT2D eigenvalue weighted by molar-refractivity contribution is 0.296. The third-order valence-electron chi connectivity index (χ3n) is 2.71. The maximum Gasteiger partial charge on any atom is 0.213 e. The number of nitrogens with zero attached hydrogens (tertiary/aromatic N) is 2. The number of hydrogen-bond acceptors (Lipinski definition) is 5. The van der Waals surface area contributed by atoms with Gasteiger partial charge >= 0.3 is 0 Å². The first-order valence-electron chi connectivity index (χ1n) is 6.50. The van der Waals surface area contributed by atoms with E-state index in [1.165, 1.54) is 0 Å². The van der Waals surface area contributed by atoms with Crippen LogP contribution in [0.2, 0.25) is 0 Å². The van der Waals surface area contributed by atoms with Crippen molar-refractivity contribution in [3.8, 4) is 11.6 Å². The van der Waals surface area contributed by atoms with E-state index in [-0.39, 0.29) is 6.04 Å². The number of rotatable bonds is 6. The molecule has 2 aromatic heterocycles. The van der Waals surface area contributed by atoms with E-state index >= 15 is 0 Å². The summed E-state index contributed by atoms with van der Waals surface area (Å²) in [6.07, 6.45) is 2.47. The van der Waals surface area contributed by atoms with Gasteiger partial charge in [0.25, 0.3) is 0 Å². The van der Waals surface area contributed by atoms with Crippen LogP contribution in [-0.2, 0) is 13.0 Å². The minimum absolute atomic E-state index is 0.107. The second-order valence-corrected chi connectivity index (χ2v) is 4.63. The first kappa shape index (κ1) is 14.3. The molecule has 0 aliphatic rings. The normalized spacial score (nSPS) is 11.9. The van der Waals surface area contributed by atoms with Crippen molar-refractivity contribution in [1.82, 2.24) is 9.97 Å². The van der Waals surface area contributed by atoms with Gasteiger partial charge in [0.2, 0.25) is 5.88 Å². The molecule has 0 spiro atoms. The minimum atomic E-state index is 0.107. The maximum atomic E-state index is 5.73. The van der Waals surface area contributed by atoms with Crippen molar-refractivity contribution >= 4 is 0 Å². The first-order chi connectivity index (χ1) is 9.67. The molecule has 0 saturated carbocycles. The Kier molecular flexibility index (Phi) is 4.90. The lowest BCUT2D eigenvalue weighted by Crippen LogP contribution is -2.18. The van der Waals surface area contributed by atoms with Gasteiger partial charge in [-0.25, -0.2) is 4.98 Å². The molecule has 5 heteroatoms. The molecule has 0 saturated heterocycles. The smallest absolute Gasteiger partial charge is 0.213 e. The van der Waals surface area contributed by atoms with Crippen LogP contribution in [0, 0.1) is 0 Å². The number of nitrogens with two attached hydrogens (primary N) is 1. The zero-order valence-electron chi connectivity index (χ0n) is 11.7. The summed E-state index contributed by atoms with van der Waals surface area (Å²) in [4.78, 5) is 8.59. The van der Waals surface area contributed by atoms with Gasteiger partial charge in [-0.15, -0.1) is 0 Å². The minimum Gasteiger partial charge on any atom is -0.486 e. The number of hydrogen-bond donors (Lipinski definition) is 1. The Morgan fingerprint density at radius 3 is 2.70 bits per heavy atom. The topological polar surface area (TPSA) is 70.3 Å². The van der Waals surface area contributed by atoms with Crippen molar-refractivity contribution in [2.75, 3.05) is 7.11 Å². The number of pyridine rings is 2. The molecule has 2 aromatic rings. The van der Waals surface area contributed by atoms with Gasteiger partial charge in [-0.05, 0) is 25.1 Å². The molecule has 0 aliphatic heterocycles. The van der Waals surface area contributed by atoms with Crippen LogP contribution in [0.5, 0.6) is 11.6 Å². The van der Waals surface area contributed by atoms with E-state index in [2.05, 4.69) is 9.97 Å². The predicted molar refractivity (Wildman–Crippen MR) is 76.7 cm³/mol. The van der Waals surface area contributed by atoms with Crippen LogP contribution in [0.15, 0.2) is 36.5 Å². The highest BCUT2D eigenvalue weighted by molar-refractivity contribution is 5.21. The Bertz CT molecular complexity index is 541. The third-order valence-corrected chi connectivity index (χ3v) is 2.71. The maximum absolute atomic E-state index is 5.73. The number of aromatic nitrogens is 2. The fourth-order valence-electron chi connectivity index (χ4n) is 1.76. The van der Waals surface area contributed by atoms with Crippen LogP contribution in [-0.4, -0.2) is 23.1 Å². The van der Waals surface area contributed by atoms with Gasteiger partial charge < -0.3 is 15.2 Å². The van der Waals surface area contributed by atoms with Crippen LogP contribution in [0.25, 0.3) is 0 Å². The summed E-state index contributed by atoms with van der Waals surface area (Å²) < 4.78 is 10.7. The van der Waals surface area contributed by atoms with E-state index in [9.17, 15) is 0 Å². The van der Waals surface area contributed by atoms with Crippen LogP contribution < -0.4 is 15.2 Å². The Labute approximate surface area is 118 Å². The molecule has 2 rings (SSSR count). The molecule has 20 heavy (non-hydrogen) atoms. The fourth-order valence-corrected chi connectivity index (χ4v) is 1.76. The molecule has 0 bridgehead atoms. The predicted octanol–water partition coefficient (Wildman–Crippen LogP) is 1.95. The summed E-state index contributed by atoms with van der Waals surface area (Å²) >= 11 is 0. The summed E-state index contributed by atoms with van der Waals surface area (Å²) in [6.45, 7) is 2.34. The molecule has 0 aliphatic carbocycles. The van der Waals surface area contributed by atoms with Crippen molar-refractivity contribution < 1.29 is 9.47 Å². The molecule has 2 N–H and O–H groups in total. The van der Waals surface area contributed by atoms with E-state index in [0.29, 0.717) is 18.2 Å². The van der Waals surface area contributed by atoms with Crippen LogP contribution in [0.3, 0.4) is 0 Å². The molecule has 2 heterocycles. The SMILES string of the molecule is COc1cccc(COc2ccc(CC(C)N)nc2)n1. The molecule has 1 atom stereocenters. The Balaban J connectivity index is 1.93. The highest BCUT2D eigenvalue weighted by atomic mass is 16.5. The molecule has 5 nitrogen and oxygen atoms in total. The molecule has 106 valence electrons. The van der Waals surface area contributed by atoms with Gasteiger partial charge in [0.15, 0.2) is 0 Å². The lowest BCUT2D eigenvalue weighted by Gasteiger charge is -2.08. The van der Waals surface area contributed by atoms with Gasteiger partial charge in [0.1, 0.15) is 12.4 Å². The Hall–Kier alpha value is -2.14. The van der Waals surface area contributed by atoms with Gasteiger partial charge in [-0.3, -0.25) is 4.98 Å². The van der Waals surface area contributed by atoms with Crippen molar-refractivity contribution in [2.45, 2.75) is 26.0 Å². The summed E-state index contributed by atoms with van der Waals surface area (Å²) in [5, 5.41) is 0. The average Bonchev–Trinajstić information content (AvgIpc) is 2.46. The van der Waals surface area contributed by atoms with Crippen molar-refractivity contribution in [2.24, 2.45) is 5.73 Å². The fraction of sp³-hybridized carbons (Fsp3) is 0.333. The van der Waals surface area contributed by atoms with Gasteiger partial charge in [0.05, 0.1) is 19.0 Å². The summed E-state index contributed by atoms with van der Waals surface area (Å²) in [6, 6.07) is 9.50.